The molecule has 0 aliphatic heterocycles. The number of nitrogens with zero attached hydrogens (tertiary/aromatic N) is 2. The van der Waals surface area contributed by atoms with Crippen molar-refractivity contribution in [1.29, 1.82) is 0 Å². The van der Waals surface area contributed by atoms with Crippen molar-refractivity contribution >= 4 is 50.9 Å². The van der Waals surface area contributed by atoms with E-state index in [2.05, 4.69) is 15.3 Å². The van der Waals surface area contributed by atoms with Crippen molar-refractivity contribution in [3.63, 3.8) is 0 Å². The Bertz CT molecular complexity index is 943. The van der Waals surface area contributed by atoms with Gasteiger partial charge in [0.1, 0.15) is 11.6 Å². The van der Waals surface area contributed by atoms with Crippen molar-refractivity contribution in [3.8, 4) is 0 Å². The highest BCUT2D eigenvalue weighted by Gasteiger charge is 2.18. The topological polar surface area (TPSA) is 170 Å². The molecule has 10 nitrogen and oxygen atoms in total. The van der Waals surface area contributed by atoms with E-state index < -0.39 is 21.2 Å². The van der Waals surface area contributed by atoms with Crippen LogP contribution in [0.1, 0.15) is 13.8 Å². The van der Waals surface area contributed by atoms with Gasteiger partial charge in [0.15, 0.2) is 5.16 Å². The smallest absolute Gasteiger partial charge is 0.264 e. The first-order valence-corrected chi connectivity index (χ1v) is 9.94. The first-order chi connectivity index (χ1) is 12.6. The molecule has 1 aromatic heterocycles. The van der Waals surface area contributed by atoms with E-state index in [1.165, 1.54) is 30.3 Å². The molecule has 144 valence electrons. The molecule has 1 unspecified atom stereocenters. The minimum atomic E-state index is -3.93. The Labute approximate surface area is 160 Å². The molecule has 1 atom stereocenters. The number of nitrogens with two attached hydrogens (primary N) is 2. The lowest BCUT2D eigenvalue weighted by atomic mass is 10.3. The molecule has 0 aliphatic carbocycles. The molecule has 0 bridgehead atoms. The molecular formula is C15H18N6O4S2. The summed E-state index contributed by atoms with van der Waals surface area (Å²) in [5, 5.41) is 2.36. The van der Waals surface area contributed by atoms with E-state index in [0.29, 0.717) is 5.69 Å². The van der Waals surface area contributed by atoms with Crippen molar-refractivity contribution < 1.29 is 18.0 Å². The lowest BCUT2D eigenvalue weighted by Gasteiger charge is -2.12. The number of benzene rings is 1. The molecule has 0 aliphatic rings. The molecule has 2 amide bonds. The SMILES string of the molecule is CC(=O)NS(=O)(=O)c1ccc(NC(=O)C(C)Sc2nc(N)cc(N)n2)cc1. The van der Waals surface area contributed by atoms with Gasteiger partial charge >= 0.3 is 0 Å². The quantitative estimate of drug-likeness (QED) is 0.393. The Morgan fingerprint density at radius 2 is 1.67 bits per heavy atom. The van der Waals surface area contributed by atoms with Gasteiger partial charge in [0, 0.05) is 18.7 Å². The Hall–Kier alpha value is -2.86. The van der Waals surface area contributed by atoms with Gasteiger partial charge < -0.3 is 16.8 Å². The minimum Gasteiger partial charge on any atom is -0.383 e. The van der Waals surface area contributed by atoms with E-state index in [-0.39, 0.29) is 27.6 Å². The summed E-state index contributed by atoms with van der Waals surface area (Å²) >= 11 is 1.08. The summed E-state index contributed by atoms with van der Waals surface area (Å²) in [5.41, 5.74) is 11.6. The zero-order valence-electron chi connectivity index (χ0n) is 14.5. The van der Waals surface area contributed by atoms with Gasteiger partial charge in [-0.3, -0.25) is 9.59 Å². The van der Waals surface area contributed by atoms with Crippen LogP contribution in [0, 0.1) is 0 Å². The average molecular weight is 410 g/mol. The fraction of sp³-hybridized carbons (Fsp3) is 0.200. The normalized spacial score (nSPS) is 12.2. The van der Waals surface area contributed by atoms with E-state index in [1.54, 1.807) is 6.92 Å². The van der Waals surface area contributed by atoms with Gasteiger partial charge in [-0.15, -0.1) is 0 Å². The maximum Gasteiger partial charge on any atom is 0.264 e. The lowest BCUT2D eigenvalue weighted by Crippen LogP contribution is -2.28. The maximum atomic E-state index is 12.3. The second kappa shape index (κ2) is 8.22. The van der Waals surface area contributed by atoms with Crippen molar-refractivity contribution in [1.82, 2.24) is 14.7 Å². The van der Waals surface area contributed by atoms with Crippen LogP contribution in [0.2, 0.25) is 0 Å². The number of anilines is 3. The monoisotopic (exact) mass is 410 g/mol. The summed E-state index contributed by atoms with van der Waals surface area (Å²) in [7, 11) is -3.93. The number of sulfonamides is 1. The van der Waals surface area contributed by atoms with E-state index in [1.807, 2.05) is 4.72 Å². The lowest BCUT2D eigenvalue weighted by molar-refractivity contribution is -0.117. The van der Waals surface area contributed by atoms with E-state index >= 15 is 0 Å². The van der Waals surface area contributed by atoms with Gasteiger partial charge in [0.05, 0.1) is 10.1 Å². The summed E-state index contributed by atoms with van der Waals surface area (Å²) in [4.78, 5) is 31.1. The van der Waals surface area contributed by atoms with Gasteiger partial charge in [-0.2, -0.15) is 0 Å². The van der Waals surface area contributed by atoms with Crippen molar-refractivity contribution in [3.05, 3.63) is 30.3 Å². The number of aromatic nitrogens is 2. The standard InChI is InChI=1S/C15H18N6O4S2/c1-8(26-15-19-12(16)7-13(17)20-15)14(23)18-10-3-5-11(6-4-10)27(24,25)21-9(2)22/h3-8H,1-2H3,(H,18,23)(H,21,22)(H4,16,17,19,20). The van der Waals surface area contributed by atoms with Crippen molar-refractivity contribution in [2.75, 3.05) is 16.8 Å². The van der Waals surface area contributed by atoms with Crippen LogP contribution in [-0.2, 0) is 19.6 Å². The third-order valence-electron chi connectivity index (χ3n) is 3.11. The highest BCUT2D eigenvalue weighted by molar-refractivity contribution is 8.00. The average Bonchev–Trinajstić information content (AvgIpc) is 2.53. The molecule has 2 aromatic rings. The fourth-order valence-corrected chi connectivity index (χ4v) is 3.72. The number of carbonyl (C=O) groups excluding carboxylic acids is 2. The number of carbonyl (C=O) groups is 2. The Kier molecular flexibility index (Phi) is 6.23. The van der Waals surface area contributed by atoms with E-state index in [0.717, 1.165) is 18.7 Å². The molecule has 1 heterocycles. The number of nitrogen functional groups attached to an aromatic ring is 2. The summed E-state index contributed by atoms with van der Waals surface area (Å²) < 4.78 is 25.6. The van der Waals surface area contributed by atoms with Crippen LogP contribution in [0.3, 0.4) is 0 Å². The molecule has 6 N–H and O–H groups in total. The number of thioether (sulfide) groups is 1. The molecule has 27 heavy (non-hydrogen) atoms. The van der Waals surface area contributed by atoms with Gasteiger partial charge in [-0.25, -0.2) is 23.1 Å². The van der Waals surface area contributed by atoms with Crippen LogP contribution in [-0.4, -0.2) is 35.5 Å². The maximum absolute atomic E-state index is 12.3. The van der Waals surface area contributed by atoms with Crippen molar-refractivity contribution in [2.24, 2.45) is 0 Å². The first-order valence-electron chi connectivity index (χ1n) is 7.58. The zero-order chi connectivity index (χ0) is 20.2. The highest BCUT2D eigenvalue weighted by Crippen LogP contribution is 2.23. The summed E-state index contributed by atoms with van der Waals surface area (Å²) in [6.07, 6.45) is 0. The third kappa shape index (κ3) is 5.82. The second-order valence-corrected chi connectivity index (χ2v) is 8.43. The van der Waals surface area contributed by atoms with Crippen LogP contribution in [0.15, 0.2) is 40.4 Å². The van der Waals surface area contributed by atoms with Crippen LogP contribution in [0.4, 0.5) is 17.3 Å². The van der Waals surface area contributed by atoms with Crippen LogP contribution < -0.4 is 21.5 Å². The van der Waals surface area contributed by atoms with Gasteiger partial charge in [-0.05, 0) is 31.2 Å². The van der Waals surface area contributed by atoms with Crippen LogP contribution in [0.25, 0.3) is 0 Å². The van der Waals surface area contributed by atoms with Gasteiger partial charge in [0.2, 0.25) is 11.8 Å². The van der Waals surface area contributed by atoms with Crippen molar-refractivity contribution in [2.45, 2.75) is 29.1 Å². The number of amides is 2. The molecule has 0 saturated carbocycles. The molecule has 1 aromatic carbocycles. The van der Waals surface area contributed by atoms with Gasteiger partial charge in [-0.1, -0.05) is 11.8 Å². The highest BCUT2D eigenvalue weighted by atomic mass is 32.2. The third-order valence-corrected chi connectivity index (χ3v) is 5.52. The molecule has 2 rings (SSSR count). The molecule has 12 heteroatoms. The molecule has 0 radical (unpaired) electrons. The van der Waals surface area contributed by atoms with E-state index in [4.69, 9.17) is 11.5 Å². The second-order valence-electron chi connectivity index (χ2n) is 5.44. The molecular weight excluding hydrogens is 392 g/mol. The molecule has 0 spiro atoms. The summed E-state index contributed by atoms with van der Waals surface area (Å²) in [5.74, 6) is -0.633. The summed E-state index contributed by atoms with van der Waals surface area (Å²) in [6, 6.07) is 6.80. The summed E-state index contributed by atoms with van der Waals surface area (Å²) in [6.45, 7) is 2.75. The van der Waals surface area contributed by atoms with Gasteiger partial charge in [0.25, 0.3) is 10.0 Å². The number of nitrogens with one attached hydrogen (secondary N) is 2. The predicted molar refractivity (Wildman–Crippen MR) is 102 cm³/mol. The largest absolute Gasteiger partial charge is 0.383 e. The van der Waals surface area contributed by atoms with Crippen LogP contribution in [0.5, 0.6) is 0 Å². The van der Waals surface area contributed by atoms with E-state index in [9.17, 15) is 18.0 Å². The number of rotatable bonds is 6. The first kappa shape index (κ1) is 20.5. The molecule has 0 fully saturated rings. The molecule has 0 saturated heterocycles. The Morgan fingerprint density at radius 3 is 2.19 bits per heavy atom. The zero-order valence-corrected chi connectivity index (χ0v) is 16.1. The Balaban J connectivity index is 2.03. The predicted octanol–water partition coefficient (Wildman–Crippen LogP) is 0.585. The Morgan fingerprint density at radius 1 is 1.11 bits per heavy atom. The fourth-order valence-electron chi connectivity index (χ4n) is 1.94. The number of hydrogen-bond donors (Lipinski definition) is 4. The minimum absolute atomic E-state index is 0.0956. The van der Waals surface area contributed by atoms with Crippen LogP contribution >= 0.6 is 11.8 Å². The number of hydrogen-bond acceptors (Lipinski definition) is 9.